The maximum atomic E-state index is 12.0. The van der Waals surface area contributed by atoms with E-state index in [9.17, 15) is 14.3 Å². The van der Waals surface area contributed by atoms with Gasteiger partial charge in [0, 0.05) is 6.04 Å². The lowest BCUT2D eigenvalue weighted by molar-refractivity contribution is 0.425. The van der Waals surface area contributed by atoms with Gasteiger partial charge in [-0.15, -0.1) is 0 Å². The molecule has 0 heterocycles. The first kappa shape index (κ1) is 15.4. The lowest BCUT2D eigenvalue weighted by Crippen LogP contribution is -2.39. The number of nitrogens with one attached hydrogen (secondary N) is 1. The number of benzene rings is 1. The second kappa shape index (κ2) is 5.97. The Bertz CT molecular complexity index is 432. The molecule has 0 fully saturated rings. The molecule has 0 aromatic heterocycles. The topological polar surface area (TPSA) is 69.6 Å². The first-order valence-corrected chi connectivity index (χ1v) is 7.01. The van der Waals surface area contributed by atoms with Crippen LogP contribution in [0.5, 0.6) is 0 Å². The maximum Gasteiger partial charge on any atom is 0.488 e. The quantitative estimate of drug-likeness (QED) is 0.696. The second-order valence-electron chi connectivity index (χ2n) is 5.22. The summed E-state index contributed by atoms with van der Waals surface area (Å²) in [4.78, 5) is 0. The molecule has 0 radical (unpaired) electrons. The molecule has 0 saturated carbocycles. The van der Waals surface area contributed by atoms with E-state index in [4.69, 9.17) is 0 Å². The minimum atomic E-state index is -1.52. The molecule has 3 N–H and O–H groups in total. The van der Waals surface area contributed by atoms with Gasteiger partial charge >= 0.3 is 7.12 Å². The van der Waals surface area contributed by atoms with Crippen LogP contribution < -0.4 is 10.2 Å². The van der Waals surface area contributed by atoms with E-state index in [0.717, 1.165) is 5.56 Å². The van der Waals surface area contributed by atoms with E-state index < -0.39 is 18.1 Å². The normalized spacial score (nSPS) is 15.2. The van der Waals surface area contributed by atoms with Gasteiger partial charge in [-0.3, -0.25) is 0 Å². The Morgan fingerprint density at radius 2 is 1.83 bits per heavy atom. The summed E-state index contributed by atoms with van der Waals surface area (Å²) in [5.41, 5.74) is 1.17. The van der Waals surface area contributed by atoms with Crippen molar-refractivity contribution in [2.75, 3.05) is 0 Å². The second-order valence-corrected chi connectivity index (χ2v) is 7.22. The van der Waals surface area contributed by atoms with Crippen LogP contribution in [0.4, 0.5) is 0 Å². The Hall–Kier alpha value is -0.685. The molecular formula is C12H20BNO3S. The van der Waals surface area contributed by atoms with Gasteiger partial charge in [0.25, 0.3) is 0 Å². The molecule has 4 nitrogen and oxygen atoms in total. The molecule has 0 aliphatic rings. The minimum absolute atomic E-state index is 0.219. The molecule has 0 aliphatic heterocycles. The molecule has 1 rings (SSSR count). The zero-order chi connectivity index (χ0) is 13.9. The molecule has 0 bridgehead atoms. The van der Waals surface area contributed by atoms with Gasteiger partial charge in [-0.05, 0) is 38.7 Å². The largest absolute Gasteiger partial charge is 0.488 e. The van der Waals surface area contributed by atoms with E-state index in [2.05, 4.69) is 4.72 Å². The SMILES string of the molecule is CC(NS(=O)C(C)(C)C)c1ccccc1B(O)O. The van der Waals surface area contributed by atoms with E-state index in [1.807, 2.05) is 33.8 Å². The van der Waals surface area contributed by atoms with Gasteiger partial charge in [0.1, 0.15) is 0 Å². The summed E-state index contributed by atoms with van der Waals surface area (Å²) in [5.74, 6) is 0. The third-order valence-corrected chi connectivity index (χ3v) is 4.26. The highest BCUT2D eigenvalue weighted by molar-refractivity contribution is 7.84. The van der Waals surface area contributed by atoms with E-state index in [-0.39, 0.29) is 10.8 Å². The third kappa shape index (κ3) is 3.91. The van der Waals surface area contributed by atoms with Crippen LogP contribution in [0.1, 0.15) is 39.3 Å². The van der Waals surface area contributed by atoms with E-state index >= 15 is 0 Å². The molecule has 0 aliphatic carbocycles. The van der Waals surface area contributed by atoms with Crippen molar-refractivity contribution in [3.05, 3.63) is 29.8 Å². The van der Waals surface area contributed by atoms with Crippen molar-refractivity contribution in [1.82, 2.24) is 4.72 Å². The van der Waals surface area contributed by atoms with Crippen LogP contribution in [0.2, 0.25) is 0 Å². The van der Waals surface area contributed by atoms with E-state index in [0.29, 0.717) is 5.46 Å². The van der Waals surface area contributed by atoms with Crippen molar-refractivity contribution in [2.45, 2.75) is 38.5 Å². The molecule has 2 atom stereocenters. The fraction of sp³-hybridized carbons (Fsp3) is 0.500. The first-order valence-electron chi connectivity index (χ1n) is 5.86. The summed E-state index contributed by atoms with van der Waals surface area (Å²) in [5, 5.41) is 18.6. The Kier molecular flexibility index (Phi) is 5.10. The predicted octanol–water partition coefficient (Wildman–Crippen LogP) is 0.479. The fourth-order valence-corrected chi connectivity index (χ4v) is 2.34. The van der Waals surface area contributed by atoms with Crippen LogP contribution in [-0.2, 0) is 11.0 Å². The number of hydrogen-bond acceptors (Lipinski definition) is 3. The van der Waals surface area contributed by atoms with Crippen LogP contribution >= 0.6 is 0 Å². The lowest BCUT2D eigenvalue weighted by atomic mass is 9.75. The molecule has 100 valence electrons. The minimum Gasteiger partial charge on any atom is -0.423 e. The monoisotopic (exact) mass is 269 g/mol. The van der Waals surface area contributed by atoms with Crippen molar-refractivity contribution in [1.29, 1.82) is 0 Å². The summed E-state index contributed by atoms with van der Waals surface area (Å²) in [6.07, 6.45) is 0. The van der Waals surface area contributed by atoms with E-state index in [1.54, 1.807) is 18.2 Å². The molecule has 0 amide bonds. The van der Waals surface area contributed by atoms with Crippen LogP contribution in [-0.4, -0.2) is 26.1 Å². The summed E-state index contributed by atoms with van der Waals surface area (Å²) in [6, 6.07) is 6.79. The molecule has 18 heavy (non-hydrogen) atoms. The van der Waals surface area contributed by atoms with Crippen molar-refractivity contribution in [3.8, 4) is 0 Å². The Morgan fingerprint density at radius 3 is 2.33 bits per heavy atom. The summed E-state index contributed by atoms with van der Waals surface area (Å²) < 4.78 is 14.6. The molecule has 1 aromatic rings. The zero-order valence-electron chi connectivity index (χ0n) is 11.2. The van der Waals surface area contributed by atoms with Gasteiger partial charge in [-0.1, -0.05) is 24.3 Å². The molecule has 0 spiro atoms. The van der Waals surface area contributed by atoms with Crippen molar-refractivity contribution in [3.63, 3.8) is 0 Å². The van der Waals surface area contributed by atoms with Crippen LogP contribution in [0.15, 0.2) is 24.3 Å². The molecule has 2 unspecified atom stereocenters. The number of rotatable bonds is 4. The Labute approximate surface area is 111 Å². The van der Waals surface area contributed by atoms with Gasteiger partial charge in [0.2, 0.25) is 0 Å². The highest BCUT2D eigenvalue weighted by atomic mass is 32.2. The Morgan fingerprint density at radius 1 is 1.28 bits per heavy atom. The lowest BCUT2D eigenvalue weighted by Gasteiger charge is -2.23. The van der Waals surface area contributed by atoms with Crippen molar-refractivity contribution < 1.29 is 14.3 Å². The van der Waals surface area contributed by atoms with Crippen molar-refractivity contribution in [2.24, 2.45) is 0 Å². The highest BCUT2D eigenvalue weighted by Crippen LogP contribution is 2.15. The van der Waals surface area contributed by atoms with Crippen LogP contribution in [0.25, 0.3) is 0 Å². The average Bonchev–Trinajstić information content (AvgIpc) is 2.27. The summed E-state index contributed by atoms with van der Waals surface area (Å²) in [7, 11) is -2.72. The van der Waals surface area contributed by atoms with Gasteiger partial charge in [-0.25, -0.2) is 8.93 Å². The number of hydrogen-bond donors (Lipinski definition) is 3. The van der Waals surface area contributed by atoms with Gasteiger partial charge < -0.3 is 10.0 Å². The molecule has 6 heteroatoms. The standard InChI is InChI=1S/C12H20BNO3S/c1-9(14-18(17)12(2,3)4)10-7-5-6-8-11(10)13(15)16/h5-9,14-16H,1-4H3. The van der Waals surface area contributed by atoms with E-state index in [1.165, 1.54) is 0 Å². The first-order chi connectivity index (χ1) is 8.23. The predicted molar refractivity (Wildman–Crippen MR) is 75.7 cm³/mol. The molecule has 1 aromatic carbocycles. The Balaban J connectivity index is 2.91. The van der Waals surface area contributed by atoms with Crippen molar-refractivity contribution >= 4 is 23.6 Å². The van der Waals surface area contributed by atoms with Gasteiger partial charge in [0.05, 0.1) is 15.7 Å². The molecule has 0 saturated heterocycles. The third-order valence-electron chi connectivity index (χ3n) is 2.58. The summed E-state index contributed by atoms with van der Waals surface area (Å²) >= 11 is 0. The fourth-order valence-electron chi connectivity index (χ4n) is 1.54. The van der Waals surface area contributed by atoms with Crippen LogP contribution in [0.3, 0.4) is 0 Å². The average molecular weight is 269 g/mol. The maximum absolute atomic E-state index is 12.0. The zero-order valence-corrected chi connectivity index (χ0v) is 12.0. The molecular weight excluding hydrogens is 249 g/mol. The summed E-state index contributed by atoms with van der Waals surface area (Å²) in [6.45, 7) is 7.51. The smallest absolute Gasteiger partial charge is 0.423 e. The van der Waals surface area contributed by atoms with Crippen LogP contribution in [0, 0.1) is 0 Å². The van der Waals surface area contributed by atoms with Gasteiger partial charge in [-0.2, -0.15) is 0 Å². The van der Waals surface area contributed by atoms with Gasteiger partial charge in [0.15, 0.2) is 0 Å². The highest BCUT2D eigenvalue weighted by Gasteiger charge is 2.24.